The molecule has 0 aliphatic carbocycles. The molecule has 0 spiro atoms. The van der Waals surface area contributed by atoms with E-state index < -0.39 is 0 Å². The van der Waals surface area contributed by atoms with Crippen molar-refractivity contribution >= 4 is 17.1 Å². The van der Waals surface area contributed by atoms with Gasteiger partial charge in [-0.3, -0.25) is 4.98 Å². The smallest absolute Gasteiger partial charge is 0.123 e. The molecule has 4 heteroatoms. The normalized spacial score (nSPS) is 10.8. The van der Waals surface area contributed by atoms with Gasteiger partial charge in [-0.2, -0.15) is 0 Å². The van der Waals surface area contributed by atoms with E-state index >= 15 is 0 Å². The predicted octanol–water partition coefficient (Wildman–Crippen LogP) is 9.83. The fourth-order valence-corrected chi connectivity index (χ4v) is 4.67. The summed E-state index contributed by atoms with van der Waals surface area (Å²) in [5, 5.41) is 0. The largest absolute Gasteiger partial charge is 0.311 e. The molecule has 0 N–H and O–H groups in total. The number of benzene rings is 5. The minimum absolute atomic E-state index is 0.250. The van der Waals surface area contributed by atoms with Gasteiger partial charge in [-0.05, 0) is 100 Å². The standard InChI is InChI=1S/C35H24F2N2/c36-31-13-3-25(4-14-31)27-7-17-33(18-8-27)39(35-21-11-29(12-22-35)30-2-1-23-38-24-30)34-19-9-28(10-20-34)26-5-15-32(37)16-6-26/h1-24H. The first kappa shape index (κ1) is 24.3. The lowest BCUT2D eigenvalue weighted by molar-refractivity contribution is 0.627. The van der Waals surface area contributed by atoms with Crippen LogP contribution in [0.15, 0.2) is 146 Å². The number of rotatable bonds is 6. The molecule has 0 radical (unpaired) electrons. The van der Waals surface area contributed by atoms with E-state index in [4.69, 9.17) is 0 Å². The number of hydrogen-bond acceptors (Lipinski definition) is 2. The van der Waals surface area contributed by atoms with Crippen molar-refractivity contribution in [2.45, 2.75) is 0 Å². The van der Waals surface area contributed by atoms with Crippen molar-refractivity contribution in [2.75, 3.05) is 4.90 Å². The Balaban J connectivity index is 1.37. The molecule has 6 rings (SSSR count). The average molecular weight is 511 g/mol. The molecule has 39 heavy (non-hydrogen) atoms. The number of nitrogens with zero attached hydrogens (tertiary/aromatic N) is 2. The van der Waals surface area contributed by atoms with Crippen molar-refractivity contribution in [2.24, 2.45) is 0 Å². The molecule has 188 valence electrons. The van der Waals surface area contributed by atoms with Crippen molar-refractivity contribution < 1.29 is 8.78 Å². The third kappa shape index (κ3) is 5.32. The summed E-state index contributed by atoms with van der Waals surface area (Å²) in [5.74, 6) is -0.499. The maximum absolute atomic E-state index is 13.4. The Morgan fingerprint density at radius 3 is 1.05 bits per heavy atom. The van der Waals surface area contributed by atoms with Gasteiger partial charge in [0.1, 0.15) is 11.6 Å². The predicted molar refractivity (Wildman–Crippen MR) is 155 cm³/mol. The molecular formula is C35H24F2N2. The molecule has 0 bridgehead atoms. The Kier molecular flexibility index (Phi) is 6.67. The Morgan fingerprint density at radius 2 is 0.718 bits per heavy atom. The van der Waals surface area contributed by atoms with Crippen LogP contribution in [0, 0.1) is 11.6 Å². The van der Waals surface area contributed by atoms with Gasteiger partial charge in [-0.1, -0.05) is 66.7 Å². The lowest BCUT2D eigenvalue weighted by Gasteiger charge is -2.26. The molecule has 0 atom stereocenters. The van der Waals surface area contributed by atoms with E-state index in [9.17, 15) is 8.78 Å². The van der Waals surface area contributed by atoms with E-state index in [0.29, 0.717) is 0 Å². The average Bonchev–Trinajstić information content (AvgIpc) is 3.00. The van der Waals surface area contributed by atoms with Gasteiger partial charge < -0.3 is 4.90 Å². The molecule has 0 amide bonds. The van der Waals surface area contributed by atoms with E-state index in [-0.39, 0.29) is 11.6 Å². The molecular weight excluding hydrogens is 486 g/mol. The summed E-state index contributed by atoms with van der Waals surface area (Å²) < 4.78 is 26.8. The summed E-state index contributed by atoms with van der Waals surface area (Å²) in [6, 6.07) is 41.9. The monoisotopic (exact) mass is 510 g/mol. The molecule has 1 aromatic heterocycles. The Hall–Kier alpha value is -5.09. The molecule has 0 aliphatic rings. The zero-order valence-electron chi connectivity index (χ0n) is 21.0. The van der Waals surface area contributed by atoms with Crippen LogP contribution in [0.5, 0.6) is 0 Å². The van der Waals surface area contributed by atoms with Crippen LogP contribution in [0.3, 0.4) is 0 Å². The van der Waals surface area contributed by atoms with Crippen LogP contribution in [0.4, 0.5) is 25.8 Å². The number of hydrogen-bond donors (Lipinski definition) is 0. The highest BCUT2D eigenvalue weighted by atomic mass is 19.1. The van der Waals surface area contributed by atoms with Gasteiger partial charge >= 0.3 is 0 Å². The van der Waals surface area contributed by atoms with Gasteiger partial charge in [0.2, 0.25) is 0 Å². The van der Waals surface area contributed by atoms with Crippen molar-refractivity contribution in [3.8, 4) is 33.4 Å². The number of halogens is 2. The van der Waals surface area contributed by atoms with E-state index in [1.54, 1.807) is 30.5 Å². The Bertz CT molecular complexity index is 1570. The molecule has 0 unspecified atom stereocenters. The SMILES string of the molecule is Fc1ccc(-c2ccc(N(c3ccc(-c4ccc(F)cc4)cc3)c3ccc(-c4cccnc4)cc3)cc2)cc1. The third-order valence-electron chi connectivity index (χ3n) is 6.73. The van der Waals surface area contributed by atoms with Crippen molar-refractivity contribution in [1.82, 2.24) is 4.98 Å². The minimum Gasteiger partial charge on any atom is -0.311 e. The lowest BCUT2D eigenvalue weighted by atomic mass is 10.0. The minimum atomic E-state index is -0.250. The maximum Gasteiger partial charge on any atom is 0.123 e. The van der Waals surface area contributed by atoms with Gasteiger partial charge in [0.15, 0.2) is 0 Å². The zero-order chi connectivity index (χ0) is 26.6. The first-order valence-electron chi connectivity index (χ1n) is 12.7. The summed E-state index contributed by atoms with van der Waals surface area (Å²) in [4.78, 5) is 6.43. The number of aromatic nitrogens is 1. The summed E-state index contributed by atoms with van der Waals surface area (Å²) >= 11 is 0. The van der Waals surface area contributed by atoms with Crippen LogP contribution in [0.25, 0.3) is 33.4 Å². The lowest BCUT2D eigenvalue weighted by Crippen LogP contribution is -2.09. The highest BCUT2D eigenvalue weighted by Gasteiger charge is 2.14. The van der Waals surface area contributed by atoms with Crippen LogP contribution in [0.2, 0.25) is 0 Å². The quantitative estimate of drug-likeness (QED) is 0.222. The van der Waals surface area contributed by atoms with Gasteiger partial charge in [0.05, 0.1) is 0 Å². The molecule has 0 saturated carbocycles. The van der Waals surface area contributed by atoms with Crippen molar-refractivity contribution in [3.63, 3.8) is 0 Å². The van der Waals surface area contributed by atoms with Crippen LogP contribution in [-0.2, 0) is 0 Å². The van der Waals surface area contributed by atoms with Crippen LogP contribution >= 0.6 is 0 Å². The summed E-state index contributed by atoms with van der Waals surface area (Å²) in [7, 11) is 0. The van der Waals surface area contributed by atoms with E-state index in [1.807, 2.05) is 42.6 Å². The molecule has 0 aliphatic heterocycles. The zero-order valence-corrected chi connectivity index (χ0v) is 21.0. The van der Waals surface area contributed by atoms with E-state index in [1.165, 1.54) is 24.3 Å². The summed E-state index contributed by atoms with van der Waals surface area (Å²) in [6.45, 7) is 0. The second-order valence-electron chi connectivity index (χ2n) is 9.23. The maximum atomic E-state index is 13.4. The second kappa shape index (κ2) is 10.7. The molecule has 6 aromatic rings. The molecule has 5 aromatic carbocycles. The molecule has 2 nitrogen and oxygen atoms in total. The van der Waals surface area contributed by atoms with Gasteiger partial charge in [-0.25, -0.2) is 8.78 Å². The van der Waals surface area contributed by atoms with Crippen LogP contribution in [-0.4, -0.2) is 4.98 Å². The van der Waals surface area contributed by atoms with Crippen LogP contribution < -0.4 is 4.90 Å². The Labute approximate surface area is 226 Å². The van der Waals surface area contributed by atoms with Gasteiger partial charge in [0, 0.05) is 29.5 Å². The topological polar surface area (TPSA) is 16.1 Å². The number of anilines is 3. The van der Waals surface area contributed by atoms with Crippen molar-refractivity contribution in [1.29, 1.82) is 0 Å². The van der Waals surface area contributed by atoms with E-state index in [2.05, 4.69) is 58.4 Å². The van der Waals surface area contributed by atoms with Crippen LogP contribution in [0.1, 0.15) is 0 Å². The van der Waals surface area contributed by atoms with E-state index in [0.717, 1.165) is 50.4 Å². The first-order valence-corrected chi connectivity index (χ1v) is 12.7. The third-order valence-corrected chi connectivity index (χ3v) is 6.73. The molecule has 0 fully saturated rings. The summed E-state index contributed by atoms with van der Waals surface area (Å²) in [6.07, 6.45) is 3.62. The van der Waals surface area contributed by atoms with Gasteiger partial charge in [0.25, 0.3) is 0 Å². The molecule has 1 heterocycles. The Morgan fingerprint density at radius 1 is 0.385 bits per heavy atom. The highest BCUT2D eigenvalue weighted by Crippen LogP contribution is 2.37. The first-order chi connectivity index (χ1) is 19.1. The summed E-state index contributed by atoms with van der Waals surface area (Å²) in [5.41, 5.74) is 9.07. The number of pyridine rings is 1. The van der Waals surface area contributed by atoms with Crippen molar-refractivity contribution in [3.05, 3.63) is 157 Å². The molecule has 0 saturated heterocycles. The van der Waals surface area contributed by atoms with Gasteiger partial charge in [-0.15, -0.1) is 0 Å². The fourth-order valence-electron chi connectivity index (χ4n) is 4.67. The second-order valence-corrected chi connectivity index (χ2v) is 9.23. The highest BCUT2D eigenvalue weighted by molar-refractivity contribution is 5.81. The fraction of sp³-hybridized carbons (Fsp3) is 0.